The average Bonchev–Trinajstić information content (AvgIpc) is 2.97. The van der Waals surface area contributed by atoms with Crippen molar-refractivity contribution in [1.82, 2.24) is 4.98 Å². The van der Waals surface area contributed by atoms with Gasteiger partial charge in [0.05, 0.1) is 12.1 Å². The largest absolute Gasteiger partial charge is 0.365 e. The van der Waals surface area contributed by atoms with Crippen LogP contribution in [0.25, 0.3) is 10.9 Å². The van der Waals surface area contributed by atoms with Crippen molar-refractivity contribution in [3.05, 3.63) is 42.1 Å². The summed E-state index contributed by atoms with van der Waals surface area (Å²) in [5.41, 5.74) is 2.23. The van der Waals surface area contributed by atoms with Gasteiger partial charge in [-0.2, -0.15) is 0 Å². The second-order valence-electron chi connectivity index (χ2n) is 3.90. The Morgan fingerprint density at radius 2 is 2.07 bits per heavy atom. The van der Waals surface area contributed by atoms with Crippen molar-refractivity contribution in [2.24, 2.45) is 0 Å². The van der Waals surface area contributed by atoms with E-state index in [4.69, 9.17) is 4.74 Å². The molecule has 0 spiro atoms. The van der Waals surface area contributed by atoms with Gasteiger partial charge in [0.25, 0.3) is 0 Å². The predicted molar refractivity (Wildman–Crippen MR) is 55.0 cm³/mol. The highest BCUT2D eigenvalue weighted by Gasteiger charge is 2.42. The molecule has 0 saturated carbocycles. The molecule has 1 aliphatic rings. The lowest BCUT2D eigenvalue weighted by Crippen LogP contribution is -2.03. The highest BCUT2D eigenvalue weighted by Crippen LogP contribution is 2.40. The maximum Gasteiger partial charge on any atom is 0.114 e. The number of ether oxygens (including phenoxy) is 1. The SMILES string of the molecule is CC1(c2ccnc3ccccc23)CO1. The third kappa shape index (κ3) is 1.04. The maximum absolute atomic E-state index is 5.46. The first kappa shape index (κ1) is 7.94. The zero-order chi connectivity index (χ0) is 9.60. The highest BCUT2D eigenvalue weighted by atomic mass is 16.6. The summed E-state index contributed by atoms with van der Waals surface area (Å²) in [5.74, 6) is 0. The summed E-state index contributed by atoms with van der Waals surface area (Å²) in [4.78, 5) is 4.33. The van der Waals surface area contributed by atoms with E-state index >= 15 is 0 Å². The number of hydrogen-bond acceptors (Lipinski definition) is 2. The Morgan fingerprint density at radius 3 is 2.86 bits per heavy atom. The quantitative estimate of drug-likeness (QED) is 0.638. The molecule has 0 bridgehead atoms. The summed E-state index contributed by atoms with van der Waals surface area (Å²) in [6.45, 7) is 2.94. The van der Waals surface area contributed by atoms with Gasteiger partial charge in [0.2, 0.25) is 0 Å². The van der Waals surface area contributed by atoms with Crippen LogP contribution in [0, 0.1) is 0 Å². The van der Waals surface area contributed by atoms with Gasteiger partial charge in [-0.15, -0.1) is 0 Å². The van der Waals surface area contributed by atoms with Gasteiger partial charge >= 0.3 is 0 Å². The van der Waals surface area contributed by atoms with Crippen molar-refractivity contribution >= 4 is 10.9 Å². The van der Waals surface area contributed by atoms with Crippen LogP contribution in [0.15, 0.2) is 36.5 Å². The molecule has 1 fully saturated rings. The molecule has 3 rings (SSSR count). The Bertz CT molecular complexity index is 483. The molecule has 1 unspecified atom stereocenters. The minimum atomic E-state index is -0.0669. The van der Waals surface area contributed by atoms with E-state index in [1.807, 2.05) is 24.4 Å². The Balaban J connectivity index is 2.33. The number of rotatable bonds is 1. The fourth-order valence-corrected chi connectivity index (χ4v) is 1.82. The van der Waals surface area contributed by atoms with Crippen molar-refractivity contribution in [2.75, 3.05) is 6.61 Å². The lowest BCUT2D eigenvalue weighted by Gasteiger charge is -2.08. The Hall–Kier alpha value is -1.41. The second-order valence-corrected chi connectivity index (χ2v) is 3.90. The normalized spacial score (nSPS) is 25.2. The first-order valence-corrected chi connectivity index (χ1v) is 4.78. The first-order valence-electron chi connectivity index (χ1n) is 4.78. The molecule has 2 nitrogen and oxygen atoms in total. The summed E-state index contributed by atoms with van der Waals surface area (Å²) in [7, 11) is 0. The summed E-state index contributed by atoms with van der Waals surface area (Å²) < 4.78 is 5.46. The van der Waals surface area contributed by atoms with E-state index in [2.05, 4.69) is 24.0 Å². The number of fused-ring (bicyclic) bond motifs is 1. The molecule has 0 aliphatic carbocycles. The summed E-state index contributed by atoms with van der Waals surface area (Å²) in [5, 5.41) is 1.20. The summed E-state index contributed by atoms with van der Waals surface area (Å²) in [6, 6.07) is 10.2. The number of pyridine rings is 1. The van der Waals surface area contributed by atoms with Crippen LogP contribution >= 0.6 is 0 Å². The van der Waals surface area contributed by atoms with Gasteiger partial charge in [-0.1, -0.05) is 18.2 Å². The fraction of sp³-hybridized carbons (Fsp3) is 0.250. The molecule has 1 atom stereocenters. The number of aromatic nitrogens is 1. The zero-order valence-electron chi connectivity index (χ0n) is 8.03. The second kappa shape index (κ2) is 2.55. The van der Waals surface area contributed by atoms with Gasteiger partial charge in [0.1, 0.15) is 5.60 Å². The molecule has 2 heterocycles. The van der Waals surface area contributed by atoms with Crippen LogP contribution in [0.4, 0.5) is 0 Å². The number of nitrogens with zero attached hydrogens (tertiary/aromatic N) is 1. The Morgan fingerprint density at radius 1 is 1.29 bits per heavy atom. The van der Waals surface area contributed by atoms with Gasteiger partial charge < -0.3 is 4.74 Å². The predicted octanol–water partition coefficient (Wildman–Crippen LogP) is 2.48. The first-order chi connectivity index (χ1) is 6.80. The fourth-order valence-electron chi connectivity index (χ4n) is 1.82. The lowest BCUT2D eigenvalue weighted by atomic mass is 9.98. The Labute approximate surface area is 82.5 Å². The molecule has 0 amide bonds. The molecule has 0 radical (unpaired) electrons. The van der Waals surface area contributed by atoms with Gasteiger partial charge in [0.15, 0.2) is 0 Å². The molecule has 2 aromatic rings. The van der Waals surface area contributed by atoms with E-state index in [0.717, 1.165) is 12.1 Å². The lowest BCUT2D eigenvalue weighted by molar-refractivity contribution is 0.331. The molecule has 1 aliphatic heterocycles. The summed E-state index contributed by atoms with van der Waals surface area (Å²) in [6.07, 6.45) is 1.85. The highest BCUT2D eigenvalue weighted by molar-refractivity contribution is 5.83. The molecule has 70 valence electrons. The van der Waals surface area contributed by atoms with Crippen LogP contribution in [-0.4, -0.2) is 11.6 Å². The van der Waals surface area contributed by atoms with Crippen LogP contribution in [0.2, 0.25) is 0 Å². The van der Waals surface area contributed by atoms with Crippen LogP contribution in [0.1, 0.15) is 12.5 Å². The topological polar surface area (TPSA) is 25.4 Å². The van der Waals surface area contributed by atoms with E-state index in [1.165, 1.54) is 10.9 Å². The third-order valence-electron chi connectivity index (χ3n) is 2.80. The molecule has 1 saturated heterocycles. The van der Waals surface area contributed by atoms with E-state index < -0.39 is 0 Å². The minimum Gasteiger partial charge on any atom is -0.365 e. The minimum absolute atomic E-state index is 0.0669. The van der Waals surface area contributed by atoms with Crippen molar-refractivity contribution < 1.29 is 4.74 Å². The molecule has 1 aromatic carbocycles. The Kier molecular flexibility index (Phi) is 1.45. The smallest absolute Gasteiger partial charge is 0.114 e. The van der Waals surface area contributed by atoms with Gasteiger partial charge in [-0.25, -0.2) is 0 Å². The molecule has 1 aromatic heterocycles. The van der Waals surface area contributed by atoms with Crippen molar-refractivity contribution in [1.29, 1.82) is 0 Å². The van der Waals surface area contributed by atoms with E-state index in [-0.39, 0.29) is 5.60 Å². The maximum atomic E-state index is 5.46. The van der Waals surface area contributed by atoms with Gasteiger partial charge in [-0.3, -0.25) is 4.98 Å². The standard InChI is InChI=1S/C12H11NO/c1-12(8-14-12)10-6-7-13-11-5-3-2-4-9(10)11/h2-7H,8H2,1H3. The van der Waals surface area contributed by atoms with Crippen LogP contribution in [0.5, 0.6) is 0 Å². The monoisotopic (exact) mass is 185 g/mol. The third-order valence-corrected chi connectivity index (χ3v) is 2.80. The number of hydrogen-bond donors (Lipinski definition) is 0. The summed E-state index contributed by atoms with van der Waals surface area (Å²) >= 11 is 0. The van der Waals surface area contributed by atoms with Gasteiger partial charge in [-0.05, 0) is 24.6 Å². The van der Waals surface area contributed by atoms with E-state index in [9.17, 15) is 0 Å². The van der Waals surface area contributed by atoms with E-state index in [0.29, 0.717) is 0 Å². The van der Waals surface area contributed by atoms with Crippen LogP contribution in [-0.2, 0) is 10.3 Å². The van der Waals surface area contributed by atoms with Crippen molar-refractivity contribution in [2.45, 2.75) is 12.5 Å². The molecule has 2 heteroatoms. The molecule has 0 N–H and O–H groups in total. The number of benzene rings is 1. The molecular weight excluding hydrogens is 174 g/mol. The number of epoxide rings is 1. The molecular formula is C12H11NO. The molecule has 14 heavy (non-hydrogen) atoms. The zero-order valence-corrected chi connectivity index (χ0v) is 8.03. The van der Waals surface area contributed by atoms with Crippen molar-refractivity contribution in [3.63, 3.8) is 0 Å². The van der Waals surface area contributed by atoms with Gasteiger partial charge in [0, 0.05) is 11.6 Å². The number of para-hydroxylation sites is 1. The van der Waals surface area contributed by atoms with Crippen molar-refractivity contribution in [3.8, 4) is 0 Å². The average molecular weight is 185 g/mol. The van der Waals surface area contributed by atoms with Crippen LogP contribution in [0.3, 0.4) is 0 Å². The van der Waals surface area contributed by atoms with E-state index in [1.54, 1.807) is 0 Å². The van der Waals surface area contributed by atoms with Crippen LogP contribution < -0.4 is 0 Å².